The fourth-order valence-electron chi connectivity index (χ4n) is 3.05. The molecule has 0 amide bonds. The topological polar surface area (TPSA) is 63.5 Å². The van der Waals surface area contributed by atoms with Gasteiger partial charge in [-0.1, -0.05) is 19.3 Å². The van der Waals surface area contributed by atoms with Crippen LogP contribution in [0.4, 0.5) is 4.39 Å². The summed E-state index contributed by atoms with van der Waals surface area (Å²) >= 11 is 0. The van der Waals surface area contributed by atoms with Gasteiger partial charge in [0.25, 0.3) is 0 Å². The highest BCUT2D eigenvalue weighted by Gasteiger charge is 2.14. The molecule has 0 unspecified atom stereocenters. The molecule has 3 rings (SSSR count). The summed E-state index contributed by atoms with van der Waals surface area (Å²) in [4.78, 5) is 4.36. The maximum absolute atomic E-state index is 13.3. The van der Waals surface area contributed by atoms with Crippen LogP contribution in [0.25, 0.3) is 11.0 Å². The maximum Gasteiger partial charge on any atom is 0.189 e. The van der Waals surface area contributed by atoms with Crippen molar-refractivity contribution in [3.05, 3.63) is 35.3 Å². The third-order valence-electron chi connectivity index (χ3n) is 4.35. The molecule has 0 bridgehead atoms. The van der Waals surface area contributed by atoms with E-state index in [1.54, 1.807) is 6.07 Å². The highest BCUT2D eigenvalue weighted by molar-refractivity contribution is 5.82. The molecule has 4 nitrogen and oxygen atoms in total. The normalized spacial score (nSPS) is 17.1. The highest BCUT2D eigenvalue weighted by Crippen LogP contribution is 2.26. The zero-order valence-corrected chi connectivity index (χ0v) is 12.9. The molecular weight excluding hydrogens is 281 g/mol. The van der Waals surface area contributed by atoms with Crippen LogP contribution in [0.1, 0.15) is 43.4 Å². The van der Waals surface area contributed by atoms with Gasteiger partial charge in [-0.25, -0.2) is 9.38 Å². The van der Waals surface area contributed by atoms with Crippen molar-refractivity contribution in [2.75, 3.05) is 0 Å². The van der Waals surface area contributed by atoms with E-state index in [1.807, 2.05) is 6.92 Å². The van der Waals surface area contributed by atoms with Crippen molar-refractivity contribution in [2.24, 2.45) is 10.7 Å². The number of guanidine groups is 1. The lowest BCUT2D eigenvalue weighted by atomic mass is 9.96. The Balaban J connectivity index is 1.69. The predicted molar refractivity (Wildman–Crippen MR) is 86.2 cm³/mol. The molecule has 1 heterocycles. The first-order valence-corrected chi connectivity index (χ1v) is 7.87. The molecule has 1 aromatic carbocycles. The predicted octanol–water partition coefficient (Wildman–Crippen LogP) is 3.62. The molecule has 22 heavy (non-hydrogen) atoms. The van der Waals surface area contributed by atoms with Crippen LogP contribution in [0.15, 0.2) is 27.6 Å². The average Bonchev–Trinajstić information content (AvgIpc) is 2.82. The molecule has 1 saturated carbocycles. The van der Waals surface area contributed by atoms with Gasteiger partial charge in [0, 0.05) is 17.0 Å². The molecule has 0 saturated heterocycles. The lowest BCUT2D eigenvalue weighted by molar-refractivity contribution is 0.412. The van der Waals surface area contributed by atoms with Gasteiger partial charge in [-0.05, 0) is 38.0 Å². The summed E-state index contributed by atoms with van der Waals surface area (Å²) in [7, 11) is 0. The van der Waals surface area contributed by atoms with Gasteiger partial charge in [-0.2, -0.15) is 0 Å². The second-order valence-electron chi connectivity index (χ2n) is 5.97. The van der Waals surface area contributed by atoms with E-state index in [0.717, 1.165) is 29.6 Å². The fourth-order valence-corrected chi connectivity index (χ4v) is 3.05. The second-order valence-corrected chi connectivity index (χ2v) is 5.97. The van der Waals surface area contributed by atoms with Crippen LogP contribution in [-0.2, 0) is 6.54 Å². The van der Waals surface area contributed by atoms with Gasteiger partial charge in [0.2, 0.25) is 0 Å². The third kappa shape index (κ3) is 3.24. The number of nitrogens with one attached hydrogen (secondary N) is 1. The number of nitrogens with two attached hydrogens (primary N) is 1. The van der Waals surface area contributed by atoms with Gasteiger partial charge in [0.1, 0.15) is 23.7 Å². The van der Waals surface area contributed by atoms with Gasteiger partial charge < -0.3 is 15.5 Å². The van der Waals surface area contributed by atoms with Gasteiger partial charge in [-0.15, -0.1) is 0 Å². The Morgan fingerprint density at radius 1 is 1.36 bits per heavy atom. The number of aryl methyl sites for hydroxylation is 1. The largest absolute Gasteiger partial charge is 0.459 e. The molecule has 2 aromatic rings. The van der Waals surface area contributed by atoms with E-state index in [0.29, 0.717) is 24.1 Å². The SMILES string of the molecule is Cc1c(CN=C(N)NC2CCCCC2)oc2ccc(F)cc12. The Morgan fingerprint density at radius 3 is 2.91 bits per heavy atom. The number of benzene rings is 1. The molecule has 0 atom stereocenters. The summed E-state index contributed by atoms with van der Waals surface area (Å²) in [5, 5.41) is 4.07. The van der Waals surface area contributed by atoms with Crippen LogP contribution in [0.2, 0.25) is 0 Å². The van der Waals surface area contributed by atoms with Crippen LogP contribution >= 0.6 is 0 Å². The van der Waals surface area contributed by atoms with Crippen LogP contribution < -0.4 is 11.1 Å². The van der Waals surface area contributed by atoms with E-state index in [9.17, 15) is 4.39 Å². The average molecular weight is 303 g/mol. The number of halogens is 1. The van der Waals surface area contributed by atoms with E-state index in [2.05, 4.69) is 10.3 Å². The lowest BCUT2D eigenvalue weighted by Gasteiger charge is -2.23. The summed E-state index contributed by atoms with van der Waals surface area (Å²) in [5.41, 5.74) is 7.56. The monoisotopic (exact) mass is 303 g/mol. The van der Waals surface area contributed by atoms with Crippen molar-refractivity contribution < 1.29 is 8.81 Å². The van der Waals surface area contributed by atoms with Crippen LogP contribution in [-0.4, -0.2) is 12.0 Å². The van der Waals surface area contributed by atoms with Gasteiger partial charge >= 0.3 is 0 Å². The summed E-state index contributed by atoms with van der Waals surface area (Å²) < 4.78 is 19.0. The van der Waals surface area contributed by atoms with Gasteiger partial charge in [0.15, 0.2) is 5.96 Å². The number of hydrogen-bond donors (Lipinski definition) is 2. The standard InChI is InChI=1S/C17H22FN3O/c1-11-14-9-12(18)7-8-15(14)22-16(11)10-20-17(19)21-13-5-3-2-4-6-13/h7-9,13H,2-6,10H2,1H3,(H3,19,20,21). The number of hydrogen-bond acceptors (Lipinski definition) is 2. The quantitative estimate of drug-likeness (QED) is 0.672. The third-order valence-corrected chi connectivity index (χ3v) is 4.35. The van der Waals surface area contributed by atoms with Crippen LogP contribution in [0.5, 0.6) is 0 Å². The molecule has 0 spiro atoms. The number of furan rings is 1. The van der Waals surface area contributed by atoms with Crippen LogP contribution in [0.3, 0.4) is 0 Å². The first-order valence-electron chi connectivity index (χ1n) is 7.87. The van der Waals surface area contributed by atoms with Gasteiger partial charge in [0.05, 0.1) is 0 Å². The number of rotatable bonds is 3. The van der Waals surface area contributed by atoms with Crippen molar-refractivity contribution in [1.82, 2.24) is 5.32 Å². The summed E-state index contributed by atoms with van der Waals surface area (Å²) in [6.45, 7) is 2.29. The Kier molecular flexibility index (Phi) is 4.32. The number of fused-ring (bicyclic) bond motifs is 1. The maximum atomic E-state index is 13.3. The van der Waals surface area contributed by atoms with E-state index >= 15 is 0 Å². The zero-order chi connectivity index (χ0) is 15.5. The first-order chi connectivity index (χ1) is 10.6. The summed E-state index contributed by atoms with van der Waals surface area (Å²) in [6, 6.07) is 4.97. The molecule has 3 N–H and O–H groups in total. The molecular formula is C17H22FN3O. The minimum absolute atomic E-state index is 0.259. The van der Waals surface area contributed by atoms with E-state index < -0.39 is 0 Å². The van der Waals surface area contributed by atoms with Crippen LogP contribution in [0, 0.1) is 12.7 Å². The van der Waals surface area contributed by atoms with Crippen molar-refractivity contribution in [3.63, 3.8) is 0 Å². The smallest absolute Gasteiger partial charge is 0.189 e. The van der Waals surface area contributed by atoms with Crippen molar-refractivity contribution in [1.29, 1.82) is 0 Å². The van der Waals surface area contributed by atoms with Crippen molar-refractivity contribution in [3.8, 4) is 0 Å². The molecule has 1 aromatic heterocycles. The lowest BCUT2D eigenvalue weighted by Crippen LogP contribution is -2.41. The molecule has 1 fully saturated rings. The minimum atomic E-state index is -0.259. The molecule has 1 aliphatic carbocycles. The summed E-state index contributed by atoms with van der Waals surface area (Å²) in [5.74, 6) is 0.928. The second kappa shape index (κ2) is 6.38. The Bertz CT molecular complexity index is 687. The molecule has 0 aliphatic heterocycles. The molecule has 0 radical (unpaired) electrons. The summed E-state index contributed by atoms with van der Waals surface area (Å²) in [6.07, 6.45) is 6.11. The first kappa shape index (κ1) is 14.9. The molecule has 1 aliphatic rings. The number of nitrogens with zero attached hydrogens (tertiary/aromatic N) is 1. The minimum Gasteiger partial charge on any atom is -0.459 e. The van der Waals surface area contributed by atoms with E-state index in [1.165, 1.54) is 31.4 Å². The molecule has 118 valence electrons. The number of aliphatic imine (C=N–C) groups is 1. The fraction of sp³-hybridized carbons (Fsp3) is 0.471. The Morgan fingerprint density at radius 2 is 2.14 bits per heavy atom. The Labute approximate surface area is 129 Å². The molecule has 5 heteroatoms. The highest BCUT2D eigenvalue weighted by atomic mass is 19.1. The van der Waals surface area contributed by atoms with Crippen molar-refractivity contribution >= 4 is 16.9 Å². The Hall–Kier alpha value is -2.04. The van der Waals surface area contributed by atoms with E-state index in [4.69, 9.17) is 10.2 Å². The van der Waals surface area contributed by atoms with E-state index in [-0.39, 0.29) is 5.82 Å². The zero-order valence-electron chi connectivity index (χ0n) is 12.9. The van der Waals surface area contributed by atoms with Crippen molar-refractivity contribution in [2.45, 2.75) is 51.6 Å². The van der Waals surface area contributed by atoms with Gasteiger partial charge in [-0.3, -0.25) is 0 Å².